The maximum absolute atomic E-state index is 12.8. The van der Waals surface area contributed by atoms with Crippen molar-refractivity contribution in [3.8, 4) is 0 Å². The number of carbonyl (C=O) groups is 2. The van der Waals surface area contributed by atoms with Gasteiger partial charge in [0.2, 0.25) is 12.7 Å². The molecule has 3 fully saturated rings. The largest absolute Gasteiger partial charge is 0.713 e. The molecule has 4 heterocycles. The lowest BCUT2D eigenvalue weighted by Crippen LogP contribution is -2.57. The molecule has 3 aliphatic rings. The van der Waals surface area contributed by atoms with E-state index in [1.54, 1.807) is 0 Å². The number of hydrogen-bond acceptors (Lipinski definition) is 11. The Hall–Kier alpha value is -3.78. The third-order valence-electron chi connectivity index (χ3n) is 4.50. The van der Waals surface area contributed by atoms with Gasteiger partial charge in [-0.1, -0.05) is 0 Å². The van der Waals surface area contributed by atoms with Crippen LogP contribution in [0.4, 0.5) is 9.59 Å². The number of cyclic esters (lactones) is 6. The molecule has 2 unspecified atom stereocenters. The summed E-state index contributed by atoms with van der Waals surface area (Å²) in [6.45, 7) is -1.57. The Bertz CT molecular complexity index is 905. The van der Waals surface area contributed by atoms with E-state index in [9.17, 15) is 28.8 Å². The van der Waals surface area contributed by atoms with E-state index in [1.165, 1.54) is 0 Å². The highest BCUT2D eigenvalue weighted by Gasteiger charge is 2.37. The number of carbonyl (C=O) groups excluding carboxylic acids is 3. The summed E-state index contributed by atoms with van der Waals surface area (Å²) in [5.41, 5.74) is -2.97. The number of rotatable bonds is 6. The fourth-order valence-corrected chi connectivity index (χ4v) is 3.14. The van der Waals surface area contributed by atoms with Crippen molar-refractivity contribution < 1.29 is 42.8 Å². The van der Waals surface area contributed by atoms with Gasteiger partial charge in [0.05, 0.1) is 19.6 Å². The van der Waals surface area contributed by atoms with Gasteiger partial charge in [-0.2, -0.15) is 0 Å². The zero-order valence-electron chi connectivity index (χ0n) is 15.3. The maximum Gasteiger partial charge on any atom is 0.713 e. The molecule has 4 rings (SSSR count). The standard InChI is InChI=1S/C15H15N3O12/c19-10-16(1-7-4-25-13(22)28-7)11(20)18(3-9-6-27-15(24)30-9)12(21)17(10)2-8-5-26-14(23)29-8/h7-9H,1-6H2/p+1/t7-,8?,9?/m0/s1. The summed E-state index contributed by atoms with van der Waals surface area (Å²) in [7, 11) is 0. The highest BCUT2D eigenvalue weighted by molar-refractivity contribution is 5.62. The Morgan fingerprint density at radius 1 is 0.633 bits per heavy atom. The van der Waals surface area contributed by atoms with Gasteiger partial charge in [-0.25, -0.2) is 37.7 Å². The minimum atomic E-state index is -0.995. The number of aromatic nitrogens is 3. The van der Waals surface area contributed by atoms with Crippen LogP contribution in [0.3, 0.4) is 0 Å². The lowest BCUT2D eigenvalue weighted by Gasteiger charge is -2.16. The van der Waals surface area contributed by atoms with Gasteiger partial charge >= 0.3 is 35.5 Å². The first kappa shape index (κ1) is 19.5. The van der Waals surface area contributed by atoms with Crippen molar-refractivity contribution in [2.75, 3.05) is 19.8 Å². The summed E-state index contributed by atoms with van der Waals surface area (Å²) in [4.78, 5) is 70.0. The molecule has 3 aliphatic heterocycles. The normalized spacial score (nSPS) is 25.2. The summed E-state index contributed by atoms with van der Waals surface area (Å²) in [5, 5.41) is 0. The Morgan fingerprint density at radius 2 is 1.00 bits per heavy atom. The van der Waals surface area contributed by atoms with Crippen molar-refractivity contribution in [2.45, 2.75) is 37.9 Å². The maximum atomic E-state index is 12.8. The molecule has 0 spiro atoms. The zero-order chi connectivity index (χ0) is 21.4. The van der Waals surface area contributed by atoms with E-state index in [0.717, 1.165) is 0 Å². The van der Waals surface area contributed by atoms with Crippen LogP contribution in [0.2, 0.25) is 0 Å². The summed E-state index contributed by atoms with van der Waals surface area (Å²) >= 11 is 0. The molecule has 1 N–H and O–H groups in total. The van der Waals surface area contributed by atoms with Gasteiger partial charge < -0.3 is 33.2 Å². The molecular weight excluding hydrogens is 414 g/mol. The van der Waals surface area contributed by atoms with Crippen molar-refractivity contribution in [2.24, 2.45) is 0 Å². The second-order valence-corrected chi connectivity index (χ2v) is 6.60. The smallest absolute Gasteiger partial charge is 0.430 e. The van der Waals surface area contributed by atoms with Gasteiger partial charge in [0.1, 0.15) is 13.2 Å². The SMILES string of the molecule is O=C1OCC(Cn2c(=O)n(CC3COC(=O)O3)c(=O)n(C[C@H]3COC(=[OH+])O3)c2=O)O1. The molecule has 0 saturated carbocycles. The quantitative estimate of drug-likeness (QED) is 0.257. The van der Waals surface area contributed by atoms with Crippen LogP contribution in [0.5, 0.6) is 0 Å². The molecule has 0 amide bonds. The van der Waals surface area contributed by atoms with Gasteiger partial charge in [-0.3, -0.25) is 0 Å². The topological polar surface area (TPSA) is 177 Å². The van der Waals surface area contributed by atoms with Gasteiger partial charge in [0, 0.05) is 0 Å². The van der Waals surface area contributed by atoms with Gasteiger partial charge in [-0.05, 0) is 0 Å². The second-order valence-electron chi connectivity index (χ2n) is 6.60. The molecule has 1 aromatic heterocycles. The van der Waals surface area contributed by atoms with Crippen LogP contribution < -0.4 is 17.1 Å². The Balaban J connectivity index is 1.71. The first-order valence-electron chi connectivity index (χ1n) is 8.78. The van der Waals surface area contributed by atoms with Crippen LogP contribution in [0.1, 0.15) is 0 Å². The van der Waals surface area contributed by atoms with Crippen LogP contribution >= 0.6 is 0 Å². The monoisotopic (exact) mass is 430 g/mol. The number of ether oxygens (including phenoxy) is 6. The highest BCUT2D eigenvalue weighted by atomic mass is 16.8. The number of hydrogen-bond donors (Lipinski definition) is 0. The second kappa shape index (κ2) is 7.57. The number of nitrogens with zero attached hydrogens (tertiary/aromatic N) is 3. The molecule has 162 valence electrons. The fourth-order valence-electron chi connectivity index (χ4n) is 3.14. The average molecular weight is 430 g/mol. The Kier molecular flexibility index (Phi) is 4.93. The molecular formula is C15H16N3O12+. The van der Waals surface area contributed by atoms with Crippen molar-refractivity contribution >= 4 is 18.5 Å². The molecule has 3 saturated heterocycles. The predicted octanol–water partition coefficient (Wildman–Crippen LogP) is -2.88. The van der Waals surface area contributed by atoms with Crippen LogP contribution in [-0.4, -0.2) is 75.1 Å². The predicted molar refractivity (Wildman–Crippen MR) is 89.4 cm³/mol. The summed E-state index contributed by atoms with van der Waals surface area (Å²) < 4.78 is 30.8. The van der Waals surface area contributed by atoms with E-state index in [2.05, 4.69) is 9.47 Å². The highest BCUT2D eigenvalue weighted by Crippen LogP contribution is 2.09. The van der Waals surface area contributed by atoms with Crippen molar-refractivity contribution in [3.63, 3.8) is 0 Å². The Morgan fingerprint density at radius 3 is 1.30 bits per heavy atom. The fraction of sp³-hybridized carbons (Fsp3) is 0.600. The molecule has 1 aromatic rings. The summed E-state index contributed by atoms with van der Waals surface area (Å²) in [6.07, 6.45) is -5.29. The third kappa shape index (κ3) is 3.72. The molecule has 0 aromatic carbocycles. The molecule has 0 bridgehead atoms. The first-order valence-corrected chi connectivity index (χ1v) is 8.78. The van der Waals surface area contributed by atoms with Crippen LogP contribution in [-0.2, 0) is 48.1 Å². The molecule has 30 heavy (non-hydrogen) atoms. The minimum Gasteiger partial charge on any atom is -0.430 e. The molecule has 15 heteroatoms. The molecule has 0 radical (unpaired) electrons. The molecule has 0 aliphatic carbocycles. The van der Waals surface area contributed by atoms with E-state index in [1.807, 2.05) is 0 Å². The first-order chi connectivity index (χ1) is 14.3. The average Bonchev–Trinajstić information content (AvgIpc) is 3.42. The lowest BCUT2D eigenvalue weighted by molar-refractivity contribution is 0.110. The lowest BCUT2D eigenvalue weighted by atomic mass is 10.3. The van der Waals surface area contributed by atoms with Crippen molar-refractivity contribution in [1.29, 1.82) is 0 Å². The van der Waals surface area contributed by atoms with E-state index in [0.29, 0.717) is 13.7 Å². The van der Waals surface area contributed by atoms with Gasteiger partial charge in [0.15, 0.2) is 12.2 Å². The zero-order valence-corrected chi connectivity index (χ0v) is 15.3. The van der Waals surface area contributed by atoms with Crippen LogP contribution in [0.25, 0.3) is 0 Å². The van der Waals surface area contributed by atoms with Crippen molar-refractivity contribution in [1.82, 2.24) is 13.7 Å². The van der Waals surface area contributed by atoms with Gasteiger partial charge in [0.25, 0.3) is 0 Å². The summed E-state index contributed by atoms with van der Waals surface area (Å²) in [6, 6.07) is 0. The van der Waals surface area contributed by atoms with Crippen molar-refractivity contribution in [3.05, 3.63) is 31.5 Å². The van der Waals surface area contributed by atoms with E-state index in [-0.39, 0.29) is 39.5 Å². The van der Waals surface area contributed by atoms with E-state index < -0.39 is 53.8 Å². The van der Waals surface area contributed by atoms with Gasteiger partial charge in [-0.15, -0.1) is 0 Å². The third-order valence-corrected chi connectivity index (χ3v) is 4.50. The Labute approximate surface area is 165 Å². The summed E-state index contributed by atoms with van der Waals surface area (Å²) in [5.74, 6) is 0. The van der Waals surface area contributed by atoms with Crippen LogP contribution in [0, 0.1) is 0 Å². The molecule has 3 atom stereocenters. The molecule has 15 nitrogen and oxygen atoms in total. The van der Waals surface area contributed by atoms with E-state index >= 15 is 0 Å². The van der Waals surface area contributed by atoms with Crippen LogP contribution in [0.15, 0.2) is 14.4 Å². The minimum absolute atomic E-state index is 0.126. The van der Waals surface area contributed by atoms with E-state index in [4.69, 9.17) is 18.9 Å².